The second-order valence-electron chi connectivity index (χ2n) is 6.46. The van der Waals surface area contributed by atoms with Crippen molar-refractivity contribution in [3.63, 3.8) is 0 Å². The van der Waals surface area contributed by atoms with Crippen LogP contribution in [-0.2, 0) is 9.53 Å². The number of piperidine rings is 1. The molecule has 0 spiro atoms. The average Bonchev–Trinajstić information content (AvgIpc) is 2.44. The van der Waals surface area contributed by atoms with Gasteiger partial charge in [0.2, 0.25) is 0 Å². The van der Waals surface area contributed by atoms with Crippen LogP contribution in [0.25, 0.3) is 0 Å². The van der Waals surface area contributed by atoms with E-state index in [2.05, 4.69) is 13.8 Å². The molecule has 0 aliphatic carbocycles. The molecule has 5 nitrogen and oxygen atoms in total. The van der Waals surface area contributed by atoms with Crippen molar-refractivity contribution in [1.29, 1.82) is 0 Å². The van der Waals surface area contributed by atoms with E-state index in [0.29, 0.717) is 19.1 Å². The monoisotopic (exact) mass is 298 g/mol. The number of amides is 2. The molecule has 0 bridgehead atoms. The van der Waals surface area contributed by atoms with Crippen LogP contribution in [0.3, 0.4) is 0 Å². The molecule has 1 atom stereocenters. The van der Waals surface area contributed by atoms with E-state index in [-0.39, 0.29) is 24.0 Å². The summed E-state index contributed by atoms with van der Waals surface area (Å²) < 4.78 is 5.09. The number of carbonyl (C=O) groups is 2. The fourth-order valence-electron chi connectivity index (χ4n) is 2.69. The van der Waals surface area contributed by atoms with E-state index in [4.69, 9.17) is 4.74 Å². The highest BCUT2D eigenvalue weighted by Gasteiger charge is 2.32. The third kappa shape index (κ3) is 5.21. The molecular weight excluding hydrogens is 268 g/mol. The van der Waals surface area contributed by atoms with Gasteiger partial charge in [-0.05, 0) is 39.5 Å². The fourth-order valence-corrected chi connectivity index (χ4v) is 2.69. The van der Waals surface area contributed by atoms with E-state index < -0.39 is 0 Å². The van der Waals surface area contributed by atoms with Crippen molar-refractivity contribution in [2.24, 2.45) is 11.8 Å². The van der Waals surface area contributed by atoms with Crippen LogP contribution in [0.5, 0.6) is 0 Å². The lowest BCUT2D eigenvalue weighted by Gasteiger charge is -2.38. The molecule has 1 heterocycles. The highest BCUT2D eigenvalue weighted by Crippen LogP contribution is 2.20. The Bertz CT molecular complexity index is 355. The molecule has 1 aliphatic rings. The smallest absolute Gasteiger partial charge is 0.320 e. The molecule has 0 aromatic carbocycles. The van der Waals surface area contributed by atoms with Crippen LogP contribution in [0, 0.1) is 11.8 Å². The molecule has 122 valence electrons. The van der Waals surface area contributed by atoms with Crippen LogP contribution < -0.4 is 0 Å². The molecular formula is C16H30N2O3. The van der Waals surface area contributed by atoms with Crippen molar-refractivity contribution in [3.8, 4) is 0 Å². The summed E-state index contributed by atoms with van der Waals surface area (Å²) in [5, 5.41) is 0. The number of nitrogens with zero attached hydrogens (tertiary/aromatic N) is 2. The van der Waals surface area contributed by atoms with Gasteiger partial charge in [-0.25, -0.2) is 4.79 Å². The zero-order valence-electron chi connectivity index (χ0n) is 14.1. The maximum absolute atomic E-state index is 12.7. The molecule has 1 rings (SSSR count). The topological polar surface area (TPSA) is 49.9 Å². The van der Waals surface area contributed by atoms with E-state index >= 15 is 0 Å². The van der Waals surface area contributed by atoms with Gasteiger partial charge in [-0.3, -0.25) is 4.79 Å². The van der Waals surface area contributed by atoms with Gasteiger partial charge >= 0.3 is 12.0 Å². The van der Waals surface area contributed by atoms with Crippen LogP contribution in [0.15, 0.2) is 0 Å². The Morgan fingerprint density at radius 1 is 1.29 bits per heavy atom. The molecule has 0 radical (unpaired) electrons. The summed E-state index contributed by atoms with van der Waals surface area (Å²) in [6.45, 7) is 12.5. The van der Waals surface area contributed by atoms with Crippen molar-refractivity contribution >= 4 is 12.0 Å². The summed E-state index contributed by atoms with van der Waals surface area (Å²) in [6.07, 6.45) is 1.68. The largest absolute Gasteiger partial charge is 0.466 e. The van der Waals surface area contributed by atoms with Crippen molar-refractivity contribution in [1.82, 2.24) is 9.80 Å². The molecule has 2 amide bonds. The van der Waals surface area contributed by atoms with E-state index in [9.17, 15) is 9.59 Å². The number of hydrogen-bond donors (Lipinski definition) is 0. The Morgan fingerprint density at radius 3 is 2.48 bits per heavy atom. The van der Waals surface area contributed by atoms with Crippen molar-refractivity contribution in [3.05, 3.63) is 0 Å². The number of likely N-dealkylation sites (tertiary alicyclic amines) is 1. The SMILES string of the molecule is CCOC(=O)C1CCCN(C(=O)N(CC(C)C)C(C)C)C1. The van der Waals surface area contributed by atoms with Crippen molar-refractivity contribution < 1.29 is 14.3 Å². The van der Waals surface area contributed by atoms with Gasteiger partial charge in [0.1, 0.15) is 0 Å². The second-order valence-corrected chi connectivity index (χ2v) is 6.46. The van der Waals surface area contributed by atoms with Crippen molar-refractivity contribution in [2.75, 3.05) is 26.2 Å². The highest BCUT2D eigenvalue weighted by molar-refractivity contribution is 5.77. The molecule has 0 aromatic rings. The zero-order valence-corrected chi connectivity index (χ0v) is 14.1. The first-order chi connectivity index (χ1) is 9.86. The van der Waals surface area contributed by atoms with Crippen LogP contribution >= 0.6 is 0 Å². The zero-order chi connectivity index (χ0) is 16.0. The van der Waals surface area contributed by atoms with E-state index in [1.165, 1.54) is 0 Å². The van der Waals surface area contributed by atoms with Gasteiger partial charge in [-0.2, -0.15) is 0 Å². The second kappa shape index (κ2) is 8.25. The lowest BCUT2D eigenvalue weighted by molar-refractivity contribution is -0.149. The Morgan fingerprint density at radius 2 is 1.95 bits per heavy atom. The summed E-state index contributed by atoms with van der Waals surface area (Å²) in [4.78, 5) is 28.3. The number of rotatable bonds is 5. The lowest BCUT2D eigenvalue weighted by Crippen LogP contribution is -2.51. The Labute approximate surface area is 128 Å². The molecule has 1 aliphatic heterocycles. The Balaban J connectivity index is 2.69. The molecule has 1 unspecified atom stereocenters. The minimum Gasteiger partial charge on any atom is -0.466 e. The van der Waals surface area contributed by atoms with Gasteiger partial charge in [-0.15, -0.1) is 0 Å². The number of esters is 1. The summed E-state index contributed by atoms with van der Waals surface area (Å²) in [6, 6.07) is 0.218. The van der Waals surface area contributed by atoms with Gasteiger partial charge < -0.3 is 14.5 Å². The number of hydrogen-bond acceptors (Lipinski definition) is 3. The number of ether oxygens (including phenoxy) is 1. The first kappa shape index (κ1) is 17.8. The van der Waals surface area contributed by atoms with Crippen LogP contribution in [0.2, 0.25) is 0 Å². The third-order valence-electron chi connectivity index (χ3n) is 3.74. The third-order valence-corrected chi connectivity index (χ3v) is 3.74. The van der Waals surface area contributed by atoms with E-state index in [1.54, 1.807) is 0 Å². The number of carbonyl (C=O) groups excluding carboxylic acids is 2. The number of urea groups is 1. The Kier molecular flexibility index (Phi) is 6.99. The van der Waals surface area contributed by atoms with Crippen LogP contribution in [0.4, 0.5) is 4.79 Å². The van der Waals surface area contributed by atoms with Gasteiger partial charge in [-0.1, -0.05) is 13.8 Å². The fraction of sp³-hybridized carbons (Fsp3) is 0.875. The first-order valence-electron chi connectivity index (χ1n) is 8.09. The minimum absolute atomic E-state index is 0.0488. The molecule has 0 aromatic heterocycles. The van der Waals surface area contributed by atoms with E-state index in [0.717, 1.165) is 25.9 Å². The normalized spacial score (nSPS) is 19.0. The molecule has 0 N–H and O–H groups in total. The summed E-state index contributed by atoms with van der Waals surface area (Å²) in [5.41, 5.74) is 0. The van der Waals surface area contributed by atoms with Gasteiger partial charge in [0.15, 0.2) is 0 Å². The first-order valence-corrected chi connectivity index (χ1v) is 8.09. The maximum atomic E-state index is 12.7. The lowest BCUT2D eigenvalue weighted by atomic mass is 9.98. The molecule has 1 saturated heterocycles. The van der Waals surface area contributed by atoms with Crippen molar-refractivity contribution in [2.45, 2.75) is 53.5 Å². The summed E-state index contributed by atoms with van der Waals surface area (Å²) in [7, 11) is 0. The molecule has 21 heavy (non-hydrogen) atoms. The maximum Gasteiger partial charge on any atom is 0.320 e. The van der Waals surface area contributed by atoms with E-state index in [1.807, 2.05) is 30.6 Å². The summed E-state index contributed by atoms with van der Waals surface area (Å²) in [5.74, 6) is 0.0904. The predicted octanol–water partition coefficient (Wildman–Crippen LogP) is 2.75. The minimum atomic E-state index is -0.171. The van der Waals surface area contributed by atoms with Gasteiger partial charge in [0.25, 0.3) is 0 Å². The van der Waals surface area contributed by atoms with Gasteiger partial charge in [0.05, 0.1) is 12.5 Å². The summed E-state index contributed by atoms with van der Waals surface area (Å²) >= 11 is 0. The molecule has 1 fully saturated rings. The average molecular weight is 298 g/mol. The molecule has 5 heteroatoms. The standard InChI is InChI=1S/C16H30N2O3/c1-6-21-15(19)14-8-7-9-17(11-14)16(20)18(13(4)5)10-12(2)3/h12-14H,6-11H2,1-5H3. The van der Waals surface area contributed by atoms with Crippen LogP contribution in [0.1, 0.15) is 47.5 Å². The van der Waals surface area contributed by atoms with Gasteiger partial charge in [0, 0.05) is 25.7 Å². The predicted molar refractivity (Wildman–Crippen MR) is 83.0 cm³/mol. The molecule has 0 saturated carbocycles. The van der Waals surface area contributed by atoms with Crippen LogP contribution in [-0.4, -0.2) is 54.1 Å². The quantitative estimate of drug-likeness (QED) is 0.733. The Hall–Kier alpha value is -1.26. The highest BCUT2D eigenvalue weighted by atomic mass is 16.5.